The zero-order valence-corrected chi connectivity index (χ0v) is 13.8. The molecule has 0 aromatic heterocycles. The number of benzene rings is 1. The van der Waals surface area contributed by atoms with Gasteiger partial charge < -0.3 is 4.74 Å². The van der Waals surface area contributed by atoms with Crippen LogP contribution in [-0.4, -0.2) is 6.61 Å². The van der Waals surface area contributed by atoms with Gasteiger partial charge in [-0.05, 0) is 61.3 Å². The molecule has 0 aliphatic rings. The Labute approximate surface area is 125 Å². The van der Waals surface area contributed by atoms with Crippen molar-refractivity contribution in [1.82, 2.24) is 0 Å². The third-order valence-electron chi connectivity index (χ3n) is 3.58. The van der Waals surface area contributed by atoms with Gasteiger partial charge in [-0.3, -0.25) is 0 Å². The minimum Gasteiger partial charge on any atom is -0.493 e. The molecular formula is C19H30O. The third-order valence-corrected chi connectivity index (χ3v) is 3.58. The van der Waals surface area contributed by atoms with Crippen LogP contribution in [0.1, 0.15) is 64.0 Å². The fraction of sp³-hybridized carbons (Fsp3) is 0.579. The predicted molar refractivity (Wildman–Crippen MR) is 88.6 cm³/mol. The van der Waals surface area contributed by atoms with Crippen LogP contribution in [0.15, 0.2) is 30.4 Å². The van der Waals surface area contributed by atoms with Gasteiger partial charge in [0, 0.05) is 0 Å². The number of ether oxygens (including phenoxy) is 1. The van der Waals surface area contributed by atoms with E-state index >= 15 is 0 Å². The Morgan fingerprint density at radius 2 is 1.90 bits per heavy atom. The molecule has 1 nitrogen and oxygen atoms in total. The van der Waals surface area contributed by atoms with Crippen molar-refractivity contribution in [3.05, 3.63) is 41.5 Å². The summed E-state index contributed by atoms with van der Waals surface area (Å²) in [5.41, 5.74) is 2.81. The molecule has 1 aromatic rings. The van der Waals surface area contributed by atoms with E-state index < -0.39 is 0 Å². The second kappa shape index (κ2) is 8.84. The van der Waals surface area contributed by atoms with E-state index in [1.165, 1.54) is 17.5 Å². The van der Waals surface area contributed by atoms with Crippen molar-refractivity contribution < 1.29 is 4.74 Å². The van der Waals surface area contributed by atoms with E-state index in [2.05, 4.69) is 65.0 Å². The summed E-state index contributed by atoms with van der Waals surface area (Å²) >= 11 is 0. The summed E-state index contributed by atoms with van der Waals surface area (Å²) < 4.78 is 5.80. The summed E-state index contributed by atoms with van der Waals surface area (Å²) in [6, 6.07) is 6.56. The van der Waals surface area contributed by atoms with Gasteiger partial charge in [0.15, 0.2) is 0 Å². The largest absolute Gasteiger partial charge is 0.493 e. The smallest absolute Gasteiger partial charge is 0.119 e. The first kappa shape index (κ1) is 16.8. The lowest BCUT2D eigenvalue weighted by Crippen LogP contribution is -2.05. The highest BCUT2D eigenvalue weighted by Crippen LogP contribution is 2.29. The number of hydrogen-bond acceptors (Lipinski definition) is 1. The first-order valence-electron chi connectivity index (χ1n) is 7.96. The summed E-state index contributed by atoms with van der Waals surface area (Å²) in [6.45, 7) is 11.8. The summed E-state index contributed by atoms with van der Waals surface area (Å²) in [5.74, 6) is 2.19. The van der Waals surface area contributed by atoms with Crippen LogP contribution in [0, 0.1) is 12.8 Å². The maximum absolute atomic E-state index is 5.80. The molecule has 112 valence electrons. The fourth-order valence-corrected chi connectivity index (χ4v) is 2.40. The Morgan fingerprint density at radius 1 is 1.15 bits per heavy atom. The molecule has 0 aliphatic carbocycles. The zero-order valence-electron chi connectivity index (χ0n) is 13.8. The van der Waals surface area contributed by atoms with Crippen LogP contribution in [0.5, 0.6) is 5.75 Å². The highest BCUT2D eigenvalue weighted by Gasteiger charge is 2.11. The first-order chi connectivity index (χ1) is 9.58. The normalized spacial score (nSPS) is 13.1. The third kappa shape index (κ3) is 5.40. The number of aryl methyl sites for hydroxylation is 1. The predicted octanol–water partition coefficient (Wildman–Crippen LogP) is 5.88. The van der Waals surface area contributed by atoms with Crippen LogP contribution in [0.3, 0.4) is 0 Å². The Hall–Kier alpha value is -1.24. The molecule has 0 amide bonds. The molecule has 0 heterocycles. The van der Waals surface area contributed by atoms with Gasteiger partial charge in [-0.25, -0.2) is 0 Å². The summed E-state index contributed by atoms with van der Waals surface area (Å²) in [7, 11) is 0. The minimum absolute atomic E-state index is 0.567. The van der Waals surface area contributed by atoms with Gasteiger partial charge in [0.1, 0.15) is 5.75 Å². The van der Waals surface area contributed by atoms with Crippen molar-refractivity contribution >= 4 is 0 Å². The fourth-order valence-electron chi connectivity index (χ4n) is 2.40. The highest BCUT2D eigenvalue weighted by atomic mass is 16.5. The van der Waals surface area contributed by atoms with Crippen molar-refractivity contribution in [2.24, 2.45) is 5.92 Å². The lowest BCUT2D eigenvalue weighted by molar-refractivity contribution is 0.271. The van der Waals surface area contributed by atoms with Crippen LogP contribution >= 0.6 is 0 Å². The molecule has 1 atom stereocenters. The quantitative estimate of drug-likeness (QED) is 0.538. The Kier molecular flexibility index (Phi) is 7.43. The molecular weight excluding hydrogens is 244 g/mol. The van der Waals surface area contributed by atoms with Crippen LogP contribution in [-0.2, 0) is 0 Å². The Balaban J connectivity index is 2.76. The number of rotatable bonds is 8. The standard InChI is InChI=1S/C19H30O/c1-6-8-9-10-17(7-2)19-12-11-18(13-16(19)5)20-14-15(3)4/h8-9,11-13,15,17H,6-7,10,14H2,1-5H3/b9-8-. The van der Waals surface area contributed by atoms with E-state index in [-0.39, 0.29) is 0 Å². The average molecular weight is 274 g/mol. The molecule has 1 aromatic carbocycles. The maximum atomic E-state index is 5.80. The van der Waals surface area contributed by atoms with Gasteiger partial charge in [0.05, 0.1) is 6.61 Å². The van der Waals surface area contributed by atoms with Crippen LogP contribution in [0.2, 0.25) is 0 Å². The van der Waals surface area contributed by atoms with E-state index in [4.69, 9.17) is 4.74 Å². The topological polar surface area (TPSA) is 9.23 Å². The maximum Gasteiger partial charge on any atom is 0.119 e. The molecule has 20 heavy (non-hydrogen) atoms. The van der Waals surface area contributed by atoms with Crippen LogP contribution in [0.4, 0.5) is 0 Å². The SMILES string of the molecule is CC/C=C\CC(CC)c1ccc(OCC(C)C)cc1C. The van der Waals surface area contributed by atoms with Crippen molar-refractivity contribution in [1.29, 1.82) is 0 Å². The van der Waals surface area contributed by atoms with Crippen molar-refractivity contribution in [3.63, 3.8) is 0 Å². The lowest BCUT2D eigenvalue weighted by atomic mass is 9.89. The van der Waals surface area contributed by atoms with E-state index in [0.717, 1.165) is 25.2 Å². The van der Waals surface area contributed by atoms with Gasteiger partial charge >= 0.3 is 0 Å². The molecule has 0 N–H and O–H groups in total. The molecule has 0 spiro atoms. The van der Waals surface area contributed by atoms with Gasteiger partial charge in [0.25, 0.3) is 0 Å². The van der Waals surface area contributed by atoms with Gasteiger partial charge in [0.2, 0.25) is 0 Å². The van der Waals surface area contributed by atoms with Crippen molar-refractivity contribution in [2.45, 2.75) is 59.8 Å². The molecule has 0 fully saturated rings. The number of hydrogen-bond donors (Lipinski definition) is 0. The molecule has 0 radical (unpaired) electrons. The highest BCUT2D eigenvalue weighted by molar-refractivity contribution is 5.37. The molecule has 1 unspecified atom stereocenters. The van der Waals surface area contributed by atoms with E-state index in [9.17, 15) is 0 Å². The zero-order chi connectivity index (χ0) is 15.0. The monoisotopic (exact) mass is 274 g/mol. The van der Waals surface area contributed by atoms with Gasteiger partial charge in [-0.15, -0.1) is 0 Å². The van der Waals surface area contributed by atoms with Gasteiger partial charge in [-0.2, -0.15) is 0 Å². The second-order valence-corrected chi connectivity index (χ2v) is 5.94. The molecule has 0 saturated carbocycles. The average Bonchev–Trinajstić information content (AvgIpc) is 2.42. The Morgan fingerprint density at radius 3 is 2.45 bits per heavy atom. The van der Waals surface area contributed by atoms with Crippen molar-refractivity contribution in [2.75, 3.05) is 6.61 Å². The number of allylic oxidation sites excluding steroid dienone is 2. The molecule has 1 rings (SSSR count). The Bertz CT molecular complexity index is 418. The van der Waals surface area contributed by atoms with E-state index in [1.54, 1.807) is 0 Å². The summed E-state index contributed by atoms with van der Waals surface area (Å²) in [6.07, 6.45) is 8.02. The van der Waals surface area contributed by atoms with Gasteiger partial charge in [-0.1, -0.05) is 45.9 Å². The molecule has 0 saturated heterocycles. The van der Waals surface area contributed by atoms with Crippen LogP contribution < -0.4 is 4.74 Å². The molecule has 0 bridgehead atoms. The lowest BCUT2D eigenvalue weighted by Gasteiger charge is -2.17. The molecule has 1 heteroatoms. The van der Waals surface area contributed by atoms with Crippen molar-refractivity contribution in [3.8, 4) is 5.75 Å². The first-order valence-corrected chi connectivity index (χ1v) is 7.96. The van der Waals surface area contributed by atoms with E-state index in [1.807, 2.05) is 0 Å². The van der Waals surface area contributed by atoms with Crippen LogP contribution in [0.25, 0.3) is 0 Å². The minimum atomic E-state index is 0.567. The summed E-state index contributed by atoms with van der Waals surface area (Å²) in [4.78, 5) is 0. The second-order valence-electron chi connectivity index (χ2n) is 5.94. The van der Waals surface area contributed by atoms with E-state index in [0.29, 0.717) is 11.8 Å². The summed E-state index contributed by atoms with van der Waals surface area (Å²) in [5, 5.41) is 0. The molecule has 0 aliphatic heterocycles.